The summed E-state index contributed by atoms with van der Waals surface area (Å²) in [5.74, 6) is 0.190. The third-order valence-corrected chi connectivity index (χ3v) is 4.35. The number of ketones is 1. The van der Waals surface area contributed by atoms with Crippen LogP contribution in [0.1, 0.15) is 48.5 Å². The minimum atomic E-state index is -0.102. The molecule has 1 aliphatic heterocycles. The van der Waals surface area contributed by atoms with E-state index in [4.69, 9.17) is 0 Å². The van der Waals surface area contributed by atoms with Gasteiger partial charge in [0.2, 0.25) is 0 Å². The van der Waals surface area contributed by atoms with Crippen molar-refractivity contribution < 1.29 is 9.90 Å². The Morgan fingerprint density at radius 3 is 2.70 bits per heavy atom. The molecule has 3 heteroatoms. The Morgan fingerprint density at radius 1 is 1.35 bits per heavy atom. The number of aliphatic hydroxyl groups is 1. The molecule has 110 valence electrons. The van der Waals surface area contributed by atoms with Crippen molar-refractivity contribution in [3.63, 3.8) is 0 Å². The fraction of sp³-hybridized carbons (Fsp3) is 0.588. The molecule has 1 N–H and O–H groups in total. The van der Waals surface area contributed by atoms with Crippen molar-refractivity contribution in [1.29, 1.82) is 0 Å². The van der Waals surface area contributed by atoms with Gasteiger partial charge in [-0.25, -0.2) is 0 Å². The molecular formula is C17H25NO2. The second-order valence-electron chi connectivity index (χ2n) is 5.81. The average molecular weight is 275 g/mol. The molecule has 1 heterocycles. The van der Waals surface area contributed by atoms with Crippen molar-refractivity contribution in [2.75, 3.05) is 13.2 Å². The van der Waals surface area contributed by atoms with E-state index in [-0.39, 0.29) is 18.4 Å². The van der Waals surface area contributed by atoms with Crippen molar-refractivity contribution in [2.24, 2.45) is 0 Å². The van der Waals surface area contributed by atoms with Gasteiger partial charge in [0.15, 0.2) is 5.78 Å². The van der Waals surface area contributed by atoms with Crippen molar-refractivity contribution >= 4 is 5.78 Å². The lowest BCUT2D eigenvalue weighted by molar-refractivity contribution is 0.0604. The van der Waals surface area contributed by atoms with Crippen LogP contribution in [0.2, 0.25) is 0 Å². The van der Waals surface area contributed by atoms with E-state index in [0.717, 1.165) is 31.4 Å². The third kappa shape index (κ3) is 3.47. The van der Waals surface area contributed by atoms with Gasteiger partial charge in [-0.1, -0.05) is 36.2 Å². The Morgan fingerprint density at radius 2 is 2.05 bits per heavy atom. The molecule has 0 bridgehead atoms. The van der Waals surface area contributed by atoms with Crippen molar-refractivity contribution in [2.45, 2.75) is 51.6 Å². The largest absolute Gasteiger partial charge is 0.396 e. The number of hydrogen-bond donors (Lipinski definition) is 1. The number of nitrogens with zero attached hydrogens (tertiary/aromatic N) is 1. The molecule has 1 aliphatic rings. The summed E-state index contributed by atoms with van der Waals surface area (Å²) in [5, 5.41) is 9.19. The van der Waals surface area contributed by atoms with E-state index in [9.17, 15) is 9.90 Å². The highest BCUT2D eigenvalue weighted by Crippen LogP contribution is 2.23. The molecule has 1 aromatic rings. The van der Waals surface area contributed by atoms with Crippen LogP contribution in [0.3, 0.4) is 0 Å². The lowest BCUT2D eigenvalue weighted by atomic mass is 9.94. The molecular weight excluding hydrogens is 250 g/mol. The highest BCUT2D eigenvalue weighted by molar-refractivity contribution is 5.99. The van der Waals surface area contributed by atoms with Crippen LogP contribution in [0.25, 0.3) is 0 Å². The van der Waals surface area contributed by atoms with Gasteiger partial charge in [0, 0.05) is 18.2 Å². The maximum Gasteiger partial charge on any atom is 0.179 e. The first-order valence-corrected chi connectivity index (χ1v) is 7.61. The Bertz CT molecular complexity index is 439. The second kappa shape index (κ2) is 7.00. The summed E-state index contributed by atoms with van der Waals surface area (Å²) in [5.41, 5.74) is 1.96. The molecule has 1 aromatic carbocycles. The standard InChI is InChI=1S/C17H25NO2/c1-13-6-8-15(9-7-13)17(20)14(2)18-11-4-3-5-16(18)10-12-19/h6-9,14,16,19H,3-5,10-12H2,1-2H3. The molecule has 1 fully saturated rings. The van der Waals surface area contributed by atoms with Crippen LogP contribution in [-0.2, 0) is 0 Å². The highest BCUT2D eigenvalue weighted by Gasteiger charge is 2.30. The van der Waals surface area contributed by atoms with Crippen molar-refractivity contribution in [3.8, 4) is 0 Å². The summed E-state index contributed by atoms with van der Waals surface area (Å²) in [6.07, 6.45) is 4.21. The Hall–Kier alpha value is -1.19. The lowest BCUT2D eigenvalue weighted by Crippen LogP contribution is -2.48. The van der Waals surface area contributed by atoms with Crippen LogP contribution in [0.5, 0.6) is 0 Å². The number of benzene rings is 1. The zero-order valence-electron chi connectivity index (χ0n) is 12.5. The average Bonchev–Trinajstić information content (AvgIpc) is 2.47. The van der Waals surface area contributed by atoms with Crippen LogP contribution in [-0.4, -0.2) is 41.0 Å². The number of carbonyl (C=O) groups is 1. The minimum Gasteiger partial charge on any atom is -0.396 e. The first-order chi connectivity index (χ1) is 9.63. The quantitative estimate of drug-likeness (QED) is 0.840. The van der Waals surface area contributed by atoms with Gasteiger partial charge in [-0.05, 0) is 39.7 Å². The van der Waals surface area contributed by atoms with E-state index in [2.05, 4.69) is 4.90 Å². The maximum absolute atomic E-state index is 12.6. The van der Waals surface area contributed by atoms with Gasteiger partial charge >= 0.3 is 0 Å². The molecule has 1 saturated heterocycles. The number of hydrogen-bond acceptors (Lipinski definition) is 3. The zero-order chi connectivity index (χ0) is 14.5. The van der Waals surface area contributed by atoms with E-state index in [1.165, 1.54) is 12.0 Å². The SMILES string of the molecule is Cc1ccc(C(=O)C(C)N2CCCCC2CCO)cc1. The molecule has 0 amide bonds. The molecule has 3 nitrogen and oxygen atoms in total. The Kier molecular flexibility index (Phi) is 5.32. The number of rotatable bonds is 5. The normalized spacial score (nSPS) is 21.6. The summed E-state index contributed by atoms with van der Waals surface area (Å²) in [4.78, 5) is 14.9. The molecule has 2 unspecified atom stereocenters. The first kappa shape index (κ1) is 15.2. The Labute approximate surface area is 121 Å². The maximum atomic E-state index is 12.6. The predicted molar refractivity (Wildman–Crippen MR) is 81.0 cm³/mol. The van der Waals surface area contributed by atoms with Gasteiger partial charge in [-0.2, -0.15) is 0 Å². The molecule has 0 radical (unpaired) electrons. The second-order valence-corrected chi connectivity index (χ2v) is 5.81. The third-order valence-electron chi connectivity index (χ3n) is 4.35. The molecule has 0 aromatic heterocycles. The number of carbonyl (C=O) groups excluding carboxylic acids is 1. The fourth-order valence-corrected chi connectivity index (χ4v) is 3.10. The summed E-state index contributed by atoms with van der Waals surface area (Å²) >= 11 is 0. The molecule has 0 saturated carbocycles. The number of aliphatic hydroxyl groups excluding tert-OH is 1. The topological polar surface area (TPSA) is 40.5 Å². The smallest absolute Gasteiger partial charge is 0.179 e. The van der Waals surface area contributed by atoms with Crippen LogP contribution in [0.4, 0.5) is 0 Å². The zero-order valence-corrected chi connectivity index (χ0v) is 12.5. The van der Waals surface area contributed by atoms with E-state index in [1.807, 2.05) is 38.1 Å². The van der Waals surface area contributed by atoms with Gasteiger partial charge in [-0.15, -0.1) is 0 Å². The van der Waals surface area contributed by atoms with Gasteiger partial charge in [0.05, 0.1) is 6.04 Å². The summed E-state index contributed by atoms with van der Waals surface area (Å²) < 4.78 is 0. The van der Waals surface area contributed by atoms with Crippen molar-refractivity contribution in [1.82, 2.24) is 4.90 Å². The van der Waals surface area contributed by atoms with E-state index >= 15 is 0 Å². The number of aryl methyl sites for hydroxylation is 1. The molecule has 2 atom stereocenters. The Balaban J connectivity index is 2.09. The predicted octanol–water partition coefficient (Wildman–Crippen LogP) is 2.80. The van der Waals surface area contributed by atoms with Gasteiger partial charge in [0.1, 0.15) is 0 Å². The first-order valence-electron chi connectivity index (χ1n) is 7.61. The van der Waals surface area contributed by atoms with E-state index in [0.29, 0.717) is 6.04 Å². The minimum absolute atomic E-state index is 0.102. The number of piperidine rings is 1. The van der Waals surface area contributed by atoms with E-state index in [1.54, 1.807) is 0 Å². The lowest BCUT2D eigenvalue weighted by Gasteiger charge is -2.39. The summed E-state index contributed by atoms with van der Waals surface area (Å²) in [7, 11) is 0. The molecule has 2 rings (SSSR count). The molecule has 20 heavy (non-hydrogen) atoms. The van der Waals surface area contributed by atoms with Gasteiger partial charge in [0.25, 0.3) is 0 Å². The van der Waals surface area contributed by atoms with Crippen LogP contribution in [0, 0.1) is 6.92 Å². The van der Waals surface area contributed by atoms with E-state index < -0.39 is 0 Å². The van der Waals surface area contributed by atoms with Crippen LogP contribution >= 0.6 is 0 Å². The summed E-state index contributed by atoms with van der Waals surface area (Å²) in [6, 6.07) is 8.05. The molecule has 0 aliphatic carbocycles. The highest BCUT2D eigenvalue weighted by atomic mass is 16.3. The number of Topliss-reactive ketones (excluding diaryl/α,β-unsaturated/α-hetero) is 1. The monoisotopic (exact) mass is 275 g/mol. The summed E-state index contributed by atoms with van der Waals surface area (Å²) in [6.45, 7) is 5.19. The molecule has 0 spiro atoms. The fourth-order valence-electron chi connectivity index (χ4n) is 3.10. The van der Waals surface area contributed by atoms with Crippen LogP contribution in [0.15, 0.2) is 24.3 Å². The van der Waals surface area contributed by atoms with Crippen molar-refractivity contribution in [3.05, 3.63) is 35.4 Å². The van der Waals surface area contributed by atoms with Crippen LogP contribution < -0.4 is 0 Å². The van der Waals surface area contributed by atoms with Gasteiger partial charge in [-0.3, -0.25) is 9.69 Å². The van der Waals surface area contributed by atoms with Gasteiger partial charge < -0.3 is 5.11 Å². The number of likely N-dealkylation sites (tertiary alicyclic amines) is 1.